The number of aryl methyl sites for hydroxylation is 1. The van der Waals surface area contributed by atoms with E-state index in [-0.39, 0.29) is 5.91 Å². The van der Waals surface area contributed by atoms with E-state index in [9.17, 15) is 4.79 Å². The normalized spacial score (nSPS) is 10.8. The summed E-state index contributed by atoms with van der Waals surface area (Å²) in [6, 6.07) is 13.2. The Labute approximate surface area is 150 Å². The smallest absolute Gasteiger partial charge is 0.251 e. The van der Waals surface area contributed by atoms with Gasteiger partial charge in [0.25, 0.3) is 5.91 Å². The van der Waals surface area contributed by atoms with E-state index in [0.717, 1.165) is 28.0 Å². The average Bonchev–Trinajstić information content (AvgIpc) is 3.11. The highest BCUT2D eigenvalue weighted by atomic mass is 16.1. The SMILES string of the molecule is Cc1ccc(C(=O)NCc2cccnc2)cc1-n1cnc2cccnc21. The zero-order valence-electron chi connectivity index (χ0n) is 14.3. The quantitative estimate of drug-likeness (QED) is 0.618. The van der Waals surface area contributed by atoms with Gasteiger partial charge in [-0.25, -0.2) is 9.97 Å². The number of amides is 1. The zero-order chi connectivity index (χ0) is 17.9. The predicted octanol–water partition coefficient (Wildman–Crippen LogP) is 3.05. The molecular formula is C20H17N5O. The van der Waals surface area contributed by atoms with Crippen LogP contribution in [0.5, 0.6) is 0 Å². The van der Waals surface area contributed by atoms with Crippen LogP contribution in [0, 0.1) is 6.92 Å². The second kappa shape index (κ2) is 6.76. The van der Waals surface area contributed by atoms with E-state index in [1.54, 1.807) is 24.9 Å². The number of carbonyl (C=O) groups is 1. The molecular weight excluding hydrogens is 326 g/mol. The highest BCUT2D eigenvalue weighted by molar-refractivity contribution is 5.95. The van der Waals surface area contributed by atoms with Gasteiger partial charge in [-0.2, -0.15) is 0 Å². The monoisotopic (exact) mass is 343 g/mol. The van der Waals surface area contributed by atoms with Crippen molar-refractivity contribution < 1.29 is 4.79 Å². The number of fused-ring (bicyclic) bond motifs is 1. The summed E-state index contributed by atoms with van der Waals surface area (Å²) in [6.45, 7) is 2.44. The zero-order valence-corrected chi connectivity index (χ0v) is 14.3. The van der Waals surface area contributed by atoms with Gasteiger partial charge in [0.05, 0.1) is 5.69 Å². The van der Waals surface area contributed by atoms with Gasteiger partial charge < -0.3 is 5.32 Å². The maximum Gasteiger partial charge on any atom is 0.251 e. The lowest BCUT2D eigenvalue weighted by molar-refractivity contribution is 0.0951. The van der Waals surface area contributed by atoms with Gasteiger partial charge in [-0.15, -0.1) is 0 Å². The van der Waals surface area contributed by atoms with Gasteiger partial charge in [0.2, 0.25) is 0 Å². The number of nitrogens with zero attached hydrogens (tertiary/aromatic N) is 4. The molecule has 3 aromatic heterocycles. The van der Waals surface area contributed by atoms with Gasteiger partial charge in [0.1, 0.15) is 11.8 Å². The van der Waals surface area contributed by atoms with Gasteiger partial charge in [-0.3, -0.25) is 14.3 Å². The maximum atomic E-state index is 12.5. The number of carbonyl (C=O) groups excluding carboxylic acids is 1. The molecule has 1 aromatic carbocycles. The van der Waals surface area contributed by atoms with Crippen LogP contribution in [-0.4, -0.2) is 25.4 Å². The number of benzene rings is 1. The third kappa shape index (κ3) is 3.04. The number of hydrogen-bond donors (Lipinski definition) is 1. The van der Waals surface area contributed by atoms with Gasteiger partial charge in [-0.05, 0) is 48.4 Å². The van der Waals surface area contributed by atoms with E-state index < -0.39 is 0 Å². The molecule has 0 aliphatic carbocycles. The van der Waals surface area contributed by atoms with Crippen LogP contribution >= 0.6 is 0 Å². The molecule has 6 heteroatoms. The molecule has 0 radical (unpaired) electrons. The Morgan fingerprint density at radius 3 is 2.85 bits per heavy atom. The largest absolute Gasteiger partial charge is 0.348 e. The molecule has 128 valence electrons. The molecule has 1 N–H and O–H groups in total. The van der Waals surface area contributed by atoms with Crippen LogP contribution in [0.4, 0.5) is 0 Å². The van der Waals surface area contributed by atoms with Crippen molar-refractivity contribution in [2.75, 3.05) is 0 Å². The van der Waals surface area contributed by atoms with Crippen LogP contribution in [-0.2, 0) is 6.54 Å². The number of pyridine rings is 2. The summed E-state index contributed by atoms with van der Waals surface area (Å²) >= 11 is 0. The van der Waals surface area contributed by atoms with Crippen molar-refractivity contribution in [2.45, 2.75) is 13.5 Å². The number of nitrogens with one attached hydrogen (secondary N) is 1. The van der Waals surface area contributed by atoms with Gasteiger partial charge in [-0.1, -0.05) is 12.1 Å². The van der Waals surface area contributed by atoms with E-state index in [1.165, 1.54) is 0 Å². The Morgan fingerprint density at radius 1 is 1.12 bits per heavy atom. The number of hydrogen-bond acceptors (Lipinski definition) is 4. The molecule has 0 saturated carbocycles. The summed E-state index contributed by atoms with van der Waals surface area (Å²) in [7, 11) is 0. The number of imidazole rings is 1. The van der Waals surface area contributed by atoms with Gasteiger partial charge in [0.15, 0.2) is 5.65 Å². The van der Waals surface area contributed by atoms with Crippen LogP contribution in [0.3, 0.4) is 0 Å². The van der Waals surface area contributed by atoms with Crippen LogP contribution in [0.15, 0.2) is 67.4 Å². The first-order valence-corrected chi connectivity index (χ1v) is 8.28. The molecule has 0 atom stereocenters. The predicted molar refractivity (Wildman–Crippen MR) is 99.0 cm³/mol. The lowest BCUT2D eigenvalue weighted by Gasteiger charge is -2.11. The Balaban J connectivity index is 1.63. The molecule has 6 nitrogen and oxygen atoms in total. The van der Waals surface area contributed by atoms with Crippen molar-refractivity contribution in [2.24, 2.45) is 0 Å². The fraction of sp³-hybridized carbons (Fsp3) is 0.100. The Morgan fingerprint density at radius 2 is 2.00 bits per heavy atom. The van der Waals surface area contributed by atoms with Crippen LogP contribution in [0.1, 0.15) is 21.5 Å². The highest BCUT2D eigenvalue weighted by Gasteiger charge is 2.12. The first kappa shape index (κ1) is 16.0. The lowest BCUT2D eigenvalue weighted by Crippen LogP contribution is -2.23. The molecule has 4 aromatic rings. The van der Waals surface area contributed by atoms with E-state index in [1.807, 2.05) is 54.0 Å². The Bertz CT molecular complexity index is 1070. The number of aromatic nitrogens is 4. The summed E-state index contributed by atoms with van der Waals surface area (Å²) in [5.74, 6) is -0.132. The fourth-order valence-corrected chi connectivity index (χ4v) is 2.82. The van der Waals surface area contributed by atoms with Crippen molar-refractivity contribution >= 4 is 17.1 Å². The second-order valence-electron chi connectivity index (χ2n) is 6.01. The van der Waals surface area contributed by atoms with E-state index >= 15 is 0 Å². The lowest BCUT2D eigenvalue weighted by atomic mass is 10.1. The molecule has 3 heterocycles. The van der Waals surface area contributed by atoms with Crippen molar-refractivity contribution in [1.82, 2.24) is 24.8 Å². The third-order valence-corrected chi connectivity index (χ3v) is 4.21. The molecule has 0 aliphatic heterocycles. The molecule has 0 saturated heterocycles. The van der Waals surface area contributed by atoms with Gasteiger partial charge >= 0.3 is 0 Å². The van der Waals surface area contributed by atoms with Gasteiger partial charge in [0, 0.05) is 30.7 Å². The summed E-state index contributed by atoms with van der Waals surface area (Å²) in [5, 5.41) is 2.92. The molecule has 0 fully saturated rings. The van der Waals surface area contributed by atoms with Crippen molar-refractivity contribution in [3.63, 3.8) is 0 Å². The van der Waals surface area contributed by atoms with Crippen molar-refractivity contribution in [3.05, 3.63) is 84.1 Å². The molecule has 0 spiro atoms. The first-order chi connectivity index (χ1) is 12.7. The minimum Gasteiger partial charge on any atom is -0.348 e. The molecule has 0 unspecified atom stereocenters. The molecule has 26 heavy (non-hydrogen) atoms. The van der Waals surface area contributed by atoms with Crippen LogP contribution < -0.4 is 5.32 Å². The Hall–Kier alpha value is -3.54. The molecule has 1 amide bonds. The van der Waals surface area contributed by atoms with Crippen LogP contribution in [0.25, 0.3) is 16.9 Å². The van der Waals surface area contributed by atoms with E-state index in [0.29, 0.717) is 12.1 Å². The molecule has 0 bridgehead atoms. The summed E-state index contributed by atoms with van der Waals surface area (Å²) in [6.07, 6.45) is 6.92. The standard InChI is InChI=1S/C20H17N5O/c1-14-6-7-16(20(26)23-12-15-4-2-8-21-11-15)10-18(14)25-13-24-17-5-3-9-22-19(17)25/h2-11,13H,12H2,1H3,(H,23,26). The molecule has 4 rings (SSSR count). The van der Waals surface area contributed by atoms with Crippen molar-refractivity contribution in [3.8, 4) is 5.69 Å². The van der Waals surface area contributed by atoms with Crippen LogP contribution in [0.2, 0.25) is 0 Å². The van der Waals surface area contributed by atoms with E-state index in [4.69, 9.17) is 0 Å². The second-order valence-corrected chi connectivity index (χ2v) is 6.01. The minimum absolute atomic E-state index is 0.132. The highest BCUT2D eigenvalue weighted by Crippen LogP contribution is 2.20. The van der Waals surface area contributed by atoms with E-state index in [2.05, 4.69) is 20.3 Å². The summed E-state index contributed by atoms with van der Waals surface area (Å²) in [4.78, 5) is 25.4. The average molecular weight is 343 g/mol. The summed E-state index contributed by atoms with van der Waals surface area (Å²) in [5.41, 5.74) is 5.06. The third-order valence-electron chi connectivity index (χ3n) is 4.21. The first-order valence-electron chi connectivity index (χ1n) is 8.28. The Kier molecular flexibility index (Phi) is 4.15. The number of rotatable bonds is 4. The topological polar surface area (TPSA) is 72.7 Å². The van der Waals surface area contributed by atoms with Crippen molar-refractivity contribution in [1.29, 1.82) is 0 Å². The molecule has 0 aliphatic rings. The fourth-order valence-electron chi connectivity index (χ4n) is 2.82. The minimum atomic E-state index is -0.132. The summed E-state index contributed by atoms with van der Waals surface area (Å²) < 4.78 is 1.91. The maximum absolute atomic E-state index is 12.5.